The van der Waals surface area contributed by atoms with Crippen molar-refractivity contribution in [1.29, 1.82) is 0 Å². The van der Waals surface area contributed by atoms with E-state index in [9.17, 15) is 13.5 Å². The molecule has 0 aliphatic carbocycles. The highest BCUT2D eigenvalue weighted by Crippen LogP contribution is 2.20. The molecule has 18 heavy (non-hydrogen) atoms. The van der Waals surface area contributed by atoms with Crippen LogP contribution in [0.1, 0.15) is 0 Å². The van der Waals surface area contributed by atoms with E-state index in [1.165, 1.54) is 12.1 Å². The standard InChI is InChI=1S/C11H13N3O3S/c15-10-3-1-2-4-11(10)18(16,17)13-6-8-14-7-5-12-9-14/h1-5,7,9,13,15H,6,8H2. The number of hydrogen-bond acceptors (Lipinski definition) is 4. The van der Waals surface area contributed by atoms with E-state index >= 15 is 0 Å². The van der Waals surface area contributed by atoms with Crippen LogP contribution in [0.15, 0.2) is 47.9 Å². The predicted octanol–water partition coefficient (Wildman–Crippen LogP) is 0.567. The van der Waals surface area contributed by atoms with E-state index in [2.05, 4.69) is 9.71 Å². The molecule has 0 amide bonds. The molecule has 0 atom stereocenters. The summed E-state index contributed by atoms with van der Waals surface area (Å²) in [5.41, 5.74) is 0. The summed E-state index contributed by atoms with van der Waals surface area (Å²) in [6.45, 7) is 0.708. The van der Waals surface area contributed by atoms with Gasteiger partial charge in [0.1, 0.15) is 10.6 Å². The van der Waals surface area contributed by atoms with Gasteiger partial charge in [0, 0.05) is 25.5 Å². The first-order chi connectivity index (χ1) is 8.59. The Morgan fingerprint density at radius 1 is 1.33 bits per heavy atom. The lowest BCUT2D eigenvalue weighted by molar-refractivity contribution is 0.457. The fraction of sp³-hybridized carbons (Fsp3) is 0.182. The van der Waals surface area contributed by atoms with Crippen molar-refractivity contribution in [3.63, 3.8) is 0 Å². The van der Waals surface area contributed by atoms with Gasteiger partial charge in [0.25, 0.3) is 0 Å². The summed E-state index contributed by atoms with van der Waals surface area (Å²) in [7, 11) is -3.68. The Morgan fingerprint density at radius 3 is 2.78 bits per heavy atom. The van der Waals surface area contributed by atoms with E-state index in [4.69, 9.17) is 0 Å². The largest absolute Gasteiger partial charge is 0.507 e. The fourth-order valence-electron chi connectivity index (χ4n) is 1.49. The molecule has 7 heteroatoms. The van der Waals surface area contributed by atoms with Crippen molar-refractivity contribution >= 4 is 10.0 Å². The molecule has 0 unspecified atom stereocenters. The number of nitrogens with zero attached hydrogens (tertiary/aromatic N) is 2. The average Bonchev–Trinajstić information content (AvgIpc) is 2.82. The number of aromatic hydroxyl groups is 1. The van der Waals surface area contributed by atoms with Crippen LogP contribution in [0.5, 0.6) is 5.75 Å². The first-order valence-corrected chi connectivity index (χ1v) is 6.81. The van der Waals surface area contributed by atoms with E-state index in [0.29, 0.717) is 6.54 Å². The number of nitrogens with one attached hydrogen (secondary N) is 1. The number of phenols is 1. The Kier molecular flexibility index (Phi) is 3.63. The average molecular weight is 267 g/mol. The molecule has 2 rings (SSSR count). The number of para-hydroxylation sites is 1. The topological polar surface area (TPSA) is 84.2 Å². The van der Waals surface area contributed by atoms with Crippen LogP contribution in [0.2, 0.25) is 0 Å². The molecule has 1 heterocycles. The summed E-state index contributed by atoms with van der Waals surface area (Å²) < 4.78 is 27.9. The maximum atomic E-state index is 11.9. The molecule has 2 aromatic rings. The summed E-state index contributed by atoms with van der Waals surface area (Å²) in [5, 5.41) is 9.50. The Labute approximate surface area is 105 Å². The van der Waals surface area contributed by atoms with Crippen LogP contribution >= 0.6 is 0 Å². The highest BCUT2D eigenvalue weighted by Gasteiger charge is 2.16. The monoisotopic (exact) mass is 267 g/mol. The van der Waals surface area contributed by atoms with Gasteiger partial charge in [0.2, 0.25) is 10.0 Å². The Balaban J connectivity index is 2.02. The van der Waals surface area contributed by atoms with Crippen LogP contribution in [0, 0.1) is 0 Å². The number of aromatic nitrogens is 2. The summed E-state index contributed by atoms with van der Waals surface area (Å²) in [5.74, 6) is -0.257. The van der Waals surface area contributed by atoms with Crippen molar-refractivity contribution in [1.82, 2.24) is 14.3 Å². The second-order valence-electron chi connectivity index (χ2n) is 3.67. The Morgan fingerprint density at radius 2 is 2.11 bits per heavy atom. The summed E-state index contributed by atoms with van der Waals surface area (Å²) in [4.78, 5) is 3.74. The Bertz CT molecular complexity index is 608. The lowest BCUT2D eigenvalue weighted by atomic mass is 10.3. The third kappa shape index (κ3) is 2.88. The van der Waals surface area contributed by atoms with Gasteiger partial charge in [-0.05, 0) is 12.1 Å². The van der Waals surface area contributed by atoms with E-state index in [-0.39, 0.29) is 17.2 Å². The first kappa shape index (κ1) is 12.6. The second-order valence-corrected chi connectivity index (χ2v) is 5.40. The van der Waals surface area contributed by atoms with Crippen molar-refractivity contribution in [2.45, 2.75) is 11.4 Å². The van der Waals surface area contributed by atoms with E-state index in [0.717, 1.165) is 0 Å². The van der Waals surface area contributed by atoms with Gasteiger partial charge in [0.15, 0.2) is 0 Å². The van der Waals surface area contributed by atoms with Gasteiger partial charge in [-0.25, -0.2) is 18.1 Å². The highest BCUT2D eigenvalue weighted by atomic mass is 32.2. The first-order valence-electron chi connectivity index (χ1n) is 5.33. The van der Waals surface area contributed by atoms with Crippen molar-refractivity contribution < 1.29 is 13.5 Å². The van der Waals surface area contributed by atoms with E-state index in [1.54, 1.807) is 35.4 Å². The molecule has 0 aliphatic rings. The molecule has 0 spiro atoms. The summed E-state index contributed by atoms with van der Waals surface area (Å²) in [6.07, 6.45) is 4.97. The minimum Gasteiger partial charge on any atom is -0.507 e. The maximum Gasteiger partial charge on any atom is 0.244 e. The molecule has 0 aliphatic heterocycles. The van der Waals surface area contributed by atoms with Crippen LogP contribution < -0.4 is 4.72 Å². The van der Waals surface area contributed by atoms with Gasteiger partial charge in [-0.15, -0.1) is 0 Å². The number of rotatable bonds is 5. The fourth-order valence-corrected chi connectivity index (χ4v) is 2.61. The molecular formula is C11H13N3O3S. The molecule has 0 radical (unpaired) electrons. The predicted molar refractivity (Wildman–Crippen MR) is 65.5 cm³/mol. The molecule has 0 saturated carbocycles. The molecule has 6 nitrogen and oxygen atoms in total. The third-order valence-electron chi connectivity index (χ3n) is 2.38. The lowest BCUT2D eigenvalue weighted by Gasteiger charge is -2.08. The molecule has 0 fully saturated rings. The lowest BCUT2D eigenvalue weighted by Crippen LogP contribution is -2.27. The van der Waals surface area contributed by atoms with Crippen LogP contribution in [0.25, 0.3) is 0 Å². The number of phenolic OH excluding ortho intramolecular Hbond substituents is 1. The van der Waals surface area contributed by atoms with Crippen LogP contribution in [0.3, 0.4) is 0 Å². The maximum absolute atomic E-state index is 11.9. The quantitative estimate of drug-likeness (QED) is 0.829. The van der Waals surface area contributed by atoms with E-state index in [1.807, 2.05) is 0 Å². The van der Waals surface area contributed by atoms with Gasteiger partial charge in [0.05, 0.1) is 6.33 Å². The molecular weight excluding hydrogens is 254 g/mol. The molecule has 1 aromatic carbocycles. The molecule has 0 saturated heterocycles. The number of imidazole rings is 1. The normalized spacial score (nSPS) is 11.6. The molecule has 96 valence electrons. The van der Waals surface area contributed by atoms with Crippen molar-refractivity contribution in [2.75, 3.05) is 6.54 Å². The van der Waals surface area contributed by atoms with Gasteiger partial charge in [-0.3, -0.25) is 0 Å². The SMILES string of the molecule is O=S(=O)(NCCn1ccnc1)c1ccccc1O. The summed E-state index contributed by atoms with van der Waals surface area (Å²) in [6, 6.07) is 5.82. The number of hydrogen-bond donors (Lipinski definition) is 2. The third-order valence-corrected chi connectivity index (χ3v) is 3.88. The molecule has 0 bridgehead atoms. The Hall–Kier alpha value is -1.86. The van der Waals surface area contributed by atoms with Gasteiger partial charge in [-0.2, -0.15) is 0 Å². The van der Waals surface area contributed by atoms with Crippen molar-refractivity contribution in [2.24, 2.45) is 0 Å². The molecule has 2 N–H and O–H groups in total. The zero-order valence-electron chi connectivity index (χ0n) is 9.52. The van der Waals surface area contributed by atoms with Crippen molar-refractivity contribution in [3.05, 3.63) is 43.0 Å². The van der Waals surface area contributed by atoms with Gasteiger partial charge in [-0.1, -0.05) is 12.1 Å². The van der Waals surface area contributed by atoms with E-state index < -0.39 is 10.0 Å². The number of benzene rings is 1. The second kappa shape index (κ2) is 5.19. The minimum atomic E-state index is -3.68. The van der Waals surface area contributed by atoms with Gasteiger partial charge < -0.3 is 9.67 Å². The summed E-state index contributed by atoms with van der Waals surface area (Å²) >= 11 is 0. The van der Waals surface area contributed by atoms with Crippen LogP contribution in [0.4, 0.5) is 0 Å². The van der Waals surface area contributed by atoms with Crippen molar-refractivity contribution in [3.8, 4) is 5.75 Å². The van der Waals surface area contributed by atoms with Crippen LogP contribution in [-0.2, 0) is 16.6 Å². The zero-order chi connectivity index (χ0) is 13.0. The zero-order valence-corrected chi connectivity index (χ0v) is 10.3. The highest BCUT2D eigenvalue weighted by molar-refractivity contribution is 7.89. The van der Waals surface area contributed by atoms with Crippen LogP contribution in [-0.4, -0.2) is 29.6 Å². The molecule has 1 aromatic heterocycles. The smallest absolute Gasteiger partial charge is 0.244 e. The number of sulfonamides is 1. The minimum absolute atomic E-state index is 0.115. The van der Waals surface area contributed by atoms with Gasteiger partial charge >= 0.3 is 0 Å².